The predicted octanol–water partition coefficient (Wildman–Crippen LogP) is 7.46. The Kier molecular flexibility index (Phi) is 13.8. The zero-order valence-corrected chi connectivity index (χ0v) is 37.7. The van der Waals surface area contributed by atoms with Crippen LogP contribution in [0.25, 0.3) is 21.8 Å². The lowest BCUT2D eigenvalue weighted by molar-refractivity contribution is -0.136. The average Bonchev–Trinajstić information content (AvgIpc) is 3.65. The van der Waals surface area contributed by atoms with Gasteiger partial charge in [0.25, 0.3) is 11.8 Å². The van der Waals surface area contributed by atoms with Crippen molar-refractivity contribution in [2.75, 3.05) is 24.4 Å². The Morgan fingerprint density at radius 3 is 2.54 bits per heavy atom. The second-order valence-electron chi connectivity index (χ2n) is 16.8. The number of amides is 4. The van der Waals surface area contributed by atoms with E-state index in [0.717, 1.165) is 55.7 Å². The summed E-state index contributed by atoms with van der Waals surface area (Å²) in [5.74, 6) is -1.69. The van der Waals surface area contributed by atoms with Crippen LogP contribution in [0.15, 0.2) is 77.9 Å². The Morgan fingerprint density at radius 2 is 1.76 bits per heavy atom. The number of pyridine rings is 1. The highest BCUT2D eigenvalue weighted by molar-refractivity contribution is 6.07. The van der Waals surface area contributed by atoms with E-state index in [4.69, 9.17) is 14.2 Å². The minimum absolute atomic E-state index is 0.0228. The van der Waals surface area contributed by atoms with E-state index in [0.29, 0.717) is 63.3 Å². The van der Waals surface area contributed by atoms with Crippen LogP contribution >= 0.6 is 0 Å². The number of aromatic nitrogens is 3. The molecule has 4 aromatic carbocycles. The lowest BCUT2D eigenvalue weighted by Crippen LogP contribution is -2.52. The van der Waals surface area contributed by atoms with Crippen molar-refractivity contribution in [1.29, 1.82) is 0 Å². The van der Waals surface area contributed by atoms with Gasteiger partial charge in [-0.05, 0) is 87.1 Å². The molecule has 16 nitrogen and oxygen atoms in total. The number of rotatable bonds is 18. The van der Waals surface area contributed by atoms with Crippen LogP contribution < -0.4 is 35.6 Å². The number of nitrogens with one attached hydrogen (secondary N) is 3. The van der Waals surface area contributed by atoms with Gasteiger partial charge in [-0.3, -0.25) is 29.3 Å². The van der Waals surface area contributed by atoms with E-state index in [1.54, 1.807) is 48.9 Å². The molecule has 0 radical (unpaired) electrons. The van der Waals surface area contributed by atoms with Crippen LogP contribution in [0.5, 0.6) is 23.1 Å². The van der Waals surface area contributed by atoms with Crippen molar-refractivity contribution in [2.45, 2.75) is 90.4 Å². The molecule has 0 bridgehead atoms. The number of anilines is 2. The maximum absolute atomic E-state index is 15.6. The highest BCUT2D eigenvalue weighted by atomic mass is 19.1. The molecule has 8 rings (SSSR count). The topological polar surface area (TPSA) is 203 Å². The van der Waals surface area contributed by atoms with E-state index in [1.165, 1.54) is 30.5 Å². The normalized spacial score (nSPS) is 15.1. The molecule has 2 aliphatic heterocycles. The Bertz CT molecular complexity index is 2980. The zero-order valence-electron chi connectivity index (χ0n) is 37.7. The van der Waals surface area contributed by atoms with Gasteiger partial charge in [0.1, 0.15) is 24.2 Å². The fourth-order valence-electron chi connectivity index (χ4n) is 8.67. The Hall–Kier alpha value is -7.40. The average molecular weight is 914 g/mol. The van der Waals surface area contributed by atoms with Crippen molar-refractivity contribution in [3.63, 3.8) is 0 Å². The molecule has 0 aliphatic carbocycles. The smallest absolute Gasteiger partial charge is 0.261 e. The summed E-state index contributed by atoms with van der Waals surface area (Å²) in [6.07, 6.45) is 6.39. The molecule has 67 heavy (non-hydrogen) atoms. The number of methoxy groups -OCH3 is 1. The summed E-state index contributed by atoms with van der Waals surface area (Å²) in [5.41, 5.74) is 4.21. The molecule has 2 atom stereocenters. The maximum Gasteiger partial charge on any atom is 0.261 e. The van der Waals surface area contributed by atoms with E-state index in [-0.39, 0.29) is 54.1 Å². The van der Waals surface area contributed by atoms with Gasteiger partial charge in [-0.1, -0.05) is 38.3 Å². The summed E-state index contributed by atoms with van der Waals surface area (Å²) in [5, 5.41) is 19.8. The molecule has 6 aromatic rings. The van der Waals surface area contributed by atoms with Gasteiger partial charge in [0, 0.05) is 65.7 Å². The number of piperidine rings is 1. The highest BCUT2D eigenvalue weighted by Gasteiger charge is 2.40. The van der Waals surface area contributed by atoms with Gasteiger partial charge < -0.3 is 39.4 Å². The highest BCUT2D eigenvalue weighted by Crippen LogP contribution is 2.37. The quantitative estimate of drug-likeness (QED) is 0.0377. The van der Waals surface area contributed by atoms with E-state index < -0.39 is 35.3 Å². The number of fused-ring (bicyclic) bond motifs is 3. The second-order valence-corrected chi connectivity index (χ2v) is 16.8. The third-order valence-electron chi connectivity index (χ3n) is 12.5. The van der Waals surface area contributed by atoms with Crippen LogP contribution in [0.2, 0.25) is 0 Å². The van der Waals surface area contributed by atoms with Crippen LogP contribution in [-0.2, 0) is 29.6 Å². The molecule has 1 fully saturated rings. The van der Waals surface area contributed by atoms with Crippen molar-refractivity contribution in [3.05, 3.63) is 117 Å². The first kappa shape index (κ1) is 46.1. The fourth-order valence-corrected chi connectivity index (χ4v) is 8.67. The number of hydrogen-bond donors (Lipinski definition) is 4. The van der Waals surface area contributed by atoms with Crippen molar-refractivity contribution >= 4 is 56.8 Å². The Labute approximate surface area is 385 Å². The molecular weight excluding hydrogens is 862 g/mol. The zero-order chi connectivity index (χ0) is 47.4. The van der Waals surface area contributed by atoms with E-state index in [9.17, 15) is 29.1 Å². The molecule has 4 heterocycles. The molecule has 17 heteroatoms. The number of aryl methyl sites for hydroxylation is 2. The number of carbonyl (C=O) groups is 4. The van der Waals surface area contributed by atoms with Crippen LogP contribution in [-0.4, -0.2) is 74.2 Å². The summed E-state index contributed by atoms with van der Waals surface area (Å²) >= 11 is 0. The van der Waals surface area contributed by atoms with Gasteiger partial charge in [0.05, 0.1) is 30.1 Å². The number of aliphatic hydroxyl groups excluding tert-OH is 1. The second kappa shape index (κ2) is 20.0. The van der Waals surface area contributed by atoms with Gasteiger partial charge in [-0.15, -0.1) is 0 Å². The summed E-state index contributed by atoms with van der Waals surface area (Å²) in [6.45, 7) is 4.32. The predicted molar refractivity (Wildman–Crippen MR) is 249 cm³/mol. The molecule has 2 unspecified atom stereocenters. The molecule has 2 aromatic heterocycles. The minimum atomic E-state index is -0.830. The third-order valence-corrected chi connectivity index (χ3v) is 12.5. The van der Waals surface area contributed by atoms with Crippen LogP contribution in [0.1, 0.15) is 95.8 Å². The third kappa shape index (κ3) is 9.77. The first-order valence-corrected chi connectivity index (χ1v) is 22.4. The largest absolute Gasteiger partial charge is 0.493 e. The van der Waals surface area contributed by atoms with Gasteiger partial charge in [-0.25, -0.2) is 14.4 Å². The number of halogens is 1. The van der Waals surface area contributed by atoms with Gasteiger partial charge >= 0.3 is 0 Å². The van der Waals surface area contributed by atoms with Gasteiger partial charge in [0.2, 0.25) is 23.1 Å². The number of benzene rings is 4. The summed E-state index contributed by atoms with van der Waals surface area (Å²) in [6, 6.07) is 17.5. The van der Waals surface area contributed by atoms with Crippen molar-refractivity contribution in [3.8, 4) is 23.1 Å². The first-order valence-electron chi connectivity index (χ1n) is 22.4. The van der Waals surface area contributed by atoms with Gasteiger partial charge in [-0.2, -0.15) is 0 Å². The Morgan fingerprint density at radius 1 is 0.955 bits per heavy atom. The molecule has 0 spiro atoms. The molecular formula is C50H52FN7O9. The molecule has 1 saturated heterocycles. The van der Waals surface area contributed by atoms with Crippen LogP contribution in [0.3, 0.4) is 0 Å². The van der Waals surface area contributed by atoms with Crippen molar-refractivity contribution in [1.82, 2.24) is 24.8 Å². The van der Waals surface area contributed by atoms with E-state index in [1.807, 2.05) is 25.1 Å². The van der Waals surface area contributed by atoms with E-state index >= 15 is 4.39 Å². The number of unbranched alkanes of at least 4 members (excludes halogenated alkanes) is 4. The number of imide groups is 1. The SMILES string of the molecule is CCc1ccc2c(c1)c(=O)c(C(=O)Nc1ccc(Oc3ncnc4cc(OCCCCCCCC(O)Nc5cccc6c5CN(C5CCC(=O)NC5=O)C6=O)c(OC)cc34)c(F)c1)c(C)n2C. The van der Waals surface area contributed by atoms with Gasteiger partial charge in [0.15, 0.2) is 23.1 Å². The molecule has 4 amide bonds. The molecule has 0 saturated carbocycles. The summed E-state index contributed by atoms with van der Waals surface area (Å²) in [7, 11) is 3.30. The maximum atomic E-state index is 15.6. The molecule has 348 valence electrons. The van der Waals surface area contributed by atoms with Crippen molar-refractivity contribution < 1.29 is 42.9 Å². The minimum Gasteiger partial charge on any atom is -0.493 e. The number of carbonyl (C=O) groups excluding carboxylic acids is 4. The standard InChI is InChI=1S/C50H52FN7O9/c1-5-29-15-17-38-33(22-29)46(61)45(28(2)57(38)3)48(63)54-30-16-19-40(35(51)23-30)67-49-32-24-41(65-4)42(25-37(32)52-27-53-49)66-21-10-8-6-7-9-14-43(59)55-36-13-11-12-31-34(36)26-58(50(31)64)39-18-20-44(60)56-47(39)62/h11-13,15-17,19,22-25,27,39,43,55,59H,5-10,14,18,20-21,26H2,1-4H3,(H,54,63)(H,56,60,62). The summed E-state index contributed by atoms with van der Waals surface area (Å²) < 4.78 is 35.0. The lowest BCUT2D eigenvalue weighted by atomic mass is 10.0. The molecule has 4 N–H and O–H groups in total. The number of aliphatic hydroxyl groups is 1. The monoisotopic (exact) mass is 913 g/mol. The van der Waals surface area contributed by atoms with Crippen LogP contribution in [0, 0.1) is 12.7 Å². The fraction of sp³-hybridized carbons (Fsp3) is 0.340. The number of nitrogens with zero attached hydrogens (tertiary/aromatic N) is 4. The number of hydrogen-bond acceptors (Lipinski definition) is 12. The van der Waals surface area contributed by atoms with E-state index in [2.05, 4.69) is 25.9 Å². The lowest BCUT2D eigenvalue weighted by Gasteiger charge is -2.29. The Balaban J connectivity index is 0.808. The van der Waals surface area contributed by atoms with Crippen molar-refractivity contribution in [2.24, 2.45) is 7.05 Å². The number of ether oxygens (including phenoxy) is 3. The first-order chi connectivity index (χ1) is 32.3. The summed E-state index contributed by atoms with van der Waals surface area (Å²) in [4.78, 5) is 74.3. The van der Waals surface area contributed by atoms with Crippen LogP contribution in [0.4, 0.5) is 15.8 Å². The molecule has 2 aliphatic rings.